The first kappa shape index (κ1) is 16.3. The molecule has 0 amide bonds. The second kappa shape index (κ2) is 6.11. The predicted octanol–water partition coefficient (Wildman–Crippen LogP) is 2.09. The number of hydrogen-bond acceptors (Lipinski definition) is 4. The summed E-state index contributed by atoms with van der Waals surface area (Å²) < 4.78 is 39.5. The van der Waals surface area contributed by atoms with Crippen molar-refractivity contribution in [3.63, 3.8) is 0 Å². The van der Waals surface area contributed by atoms with Gasteiger partial charge in [-0.05, 0) is 37.8 Å². The second-order valence-electron chi connectivity index (χ2n) is 4.46. The van der Waals surface area contributed by atoms with Crippen molar-refractivity contribution in [2.45, 2.75) is 24.8 Å². The van der Waals surface area contributed by atoms with Crippen LogP contribution in [0.5, 0.6) is 0 Å². The van der Waals surface area contributed by atoms with Crippen molar-refractivity contribution in [1.82, 2.24) is 4.31 Å². The molecule has 0 aliphatic heterocycles. The van der Waals surface area contributed by atoms with Crippen LogP contribution in [-0.2, 0) is 10.0 Å². The number of nitrogens with zero attached hydrogens (tertiary/aromatic N) is 1. The highest BCUT2D eigenvalue weighted by Gasteiger charge is 2.27. The largest absolute Gasteiger partial charge is 0.396 e. The lowest BCUT2D eigenvalue weighted by Crippen LogP contribution is -2.37. The van der Waals surface area contributed by atoms with E-state index in [4.69, 9.17) is 5.73 Å². The maximum absolute atomic E-state index is 13.3. The molecule has 0 heterocycles. The molecule has 19 heavy (non-hydrogen) atoms. The first-order valence-corrected chi connectivity index (χ1v) is 8.57. The minimum Gasteiger partial charge on any atom is -0.396 e. The van der Waals surface area contributed by atoms with Crippen molar-refractivity contribution < 1.29 is 12.8 Å². The predicted molar refractivity (Wildman–Crippen MR) is 78.3 cm³/mol. The Morgan fingerprint density at radius 2 is 2.05 bits per heavy atom. The van der Waals surface area contributed by atoms with Gasteiger partial charge in [0.15, 0.2) is 0 Å². The monoisotopic (exact) mass is 306 g/mol. The molecule has 0 saturated heterocycles. The van der Waals surface area contributed by atoms with E-state index < -0.39 is 15.8 Å². The van der Waals surface area contributed by atoms with Crippen molar-refractivity contribution in [2.75, 3.05) is 24.8 Å². The normalized spacial score (nSPS) is 13.8. The van der Waals surface area contributed by atoms with Gasteiger partial charge >= 0.3 is 0 Å². The van der Waals surface area contributed by atoms with E-state index in [1.54, 1.807) is 18.7 Å². The summed E-state index contributed by atoms with van der Waals surface area (Å²) in [5, 5.41) is 0. The summed E-state index contributed by atoms with van der Waals surface area (Å²) in [7, 11) is -2.13. The molecule has 7 heteroatoms. The molecule has 0 bridgehead atoms. The molecule has 0 aliphatic rings. The summed E-state index contributed by atoms with van der Waals surface area (Å²) >= 11 is 1.57. The minimum atomic E-state index is -3.66. The van der Waals surface area contributed by atoms with Gasteiger partial charge in [-0.3, -0.25) is 0 Å². The van der Waals surface area contributed by atoms with Crippen LogP contribution in [0.4, 0.5) is 10.1 Å². The molecule has 0 fully saturated rings. The molecule has 0 aromatic heterocycles. The van der Waals surface area contributed by atoms with Crippen molar-refractivity contribution in [3.05, 3.63) is 23.5 Å². The Hall–Kier alpha value is -0.790. The number of nitrogen functional groups attached to an aromatic ring is 1. The summed E-state index contributed by atoms with van der Waals surface area (Å²) in [5.74, 6) is 0.0853. The lowest BCUT2D eigenvalue weighted by atomic mass is 10.2. The van der Waals surface area contributed by atoms with E-state index in [1.807, 2.05) is 13.2 Å². The van der Waals surface area contributed by atoms with E-state index in [0.717, 1.165) is 6.07 Å². The SMILES string of the molecule is CSCC(C)N(C)S(=O)(=O)c1cc(N)c(F)cc1C. The van der Waals surface area contributed by atoms with Crippen molar-refractivity contribution in [1.29, 1.82) is 0 Å². The zero-order valence-corrected chi connectivity index (χ0v) is 13.1. The Morgan fingerprint density at radius 1 is 1.47 bits per heavy atom. The van der Waals surface area contributed by atoms with Crippen LogP contribution in [0.3, 0.4) is 0 Å². The van der Waals surface area contributed by atoms with Crippen molar-refractivity contribution in [3.8, 4) is 0 Å². The molecule has 0 radical (unpaired) electrons. The third-order valence-electron chi connectivity index (χ3n) is 2.98. The molecular formula is C12H19FN2O2S2. The average molecular weight is 306 g/mol. The zero-order valence-electron chi connectivity index (χ0n) is 11.5. The molecule has 0 saturated carbocycles. The fourth-order valence-corrected chi connectivity index (χ4v) is 4.09. The van der Waals surface area contributed by atoms with Crippen LogP contribution in [0.1, 0.15) is 12.5 Å². The van der Waals surface area contributed by atoms with Gasteiger partial charge in [-0.1, -0.05) is 0 Å². The maximum atomic E-state index is 13.3. The fraction of sp³-hybridized carbons (Fsp3) is 0.500. The first-order chi connectivity index (χ1) is 8.71. The van der Waals surface area contributed by atoms with Crippen LogP contribution in [0.15, 0.2) is 17.0 Å². The summed E-state index contributed by atoms with van der Waals surface area (Å²) in [4.78, 5) is 0.0573. The quantitative estimate of drug-likeness (QED) is 0.846. The van der Waals surface area contributed by atoms with E-state index in [1.165, 1.54) is 17.4 Å². The topological polar surface area (TPSA) is 63.4 Å². The Labute approximate surface area is 118 Å². The zero-order chi connectivity index (χ0) is 14.8. The number of thioether (sulfide) groups is 1. The third kappa shape index (κ3) is 3.40. The van der Waals surface area contributed by atoms with Gasteiger partial charge in [0.1, 0.15) is 5.82 Å². The maximum Gasteiger partial charge on any atom is 0.243 e. The first-order valence-electron chi connectivity index (χ1n) is 5.74. The van der Waals surface area contributed by atoms with Gasteiger partial charge in [0.25, 0.3) is 0 Å². The number of hydrogen-bond donors (Lipinski definition) is 1. The molecule has 0 aliphatic carbocycles. The number of aryl methyl sites for hydroxylation is 1. The van der Waals surface area contributed by atoms with Crippen LogP contribution in [0.25, 0.3) is 0 Å². The van der Waals surface area contributed by atoms with Crippen molar-refractivity contribution >= 4 is 27.5 Å². The summed E-state index contributed by atoms with van der Waals surface area (Å²) in [5.41, 5.74) is 5.66. The number of halogens is 1. The highest BCUT2D eigenvalue weighted by molar-refractivity contribution is 7.98. The minimum absolute atomic E-state index is 0.0573. The van der Waals surface area contributed by atoms with Gasteiger partial charge in [0.2, 0.25) is 10.0 Å². The molecule has 1 aromatic carbocycles. The molecule has 108 valence electrons. The molecule has 1 rings (SSSR count). The fourth-order valence-electron chi connectivity index (χ4n) is 1.68. The summed E-state index contributed by atoms with van der Waals surface area (Å²) in [6.07, 6.45) is 1.91. The lowest BCUT2D eigenvalue weighted by molar-refractivity contribution is 0.414. The Morgan fingerprint density at radius 3 is 2.58 bits per heavy atom. The number of nitrogens with two attached hydrogens (primary N) is 1. The van der Waals surface area contributed by atoms with Gasteiger partial charge in [-0.25, -0.2) is 12.8 Å². The highest BCUT2D eigenvalue weighted by Crippen LogP contribution is 2.25. The van der Waals surface area contributed by atoms with Gasteiger partial charge in [0, 0.05) is 18.8 Å². The Kier molecular flexibility index (Phi) is 5.23. The van der Waals surface area contributed by atoms with E-state index in [-0.39, 0.29) is 16.6 Å². The number of anilines is 1. The van der Waals surface area contributed by atoms with Crippen molar-refractivity contribution in [2.24, 2.45) is 0 Å². The Bertz CT molecular complexity index is 561. The number of benzene rings is 1. The van der Waals surface area contributed by atoms with Gasteiger partial charge in [0.05, 0.1) is 10.6 Å². The summed E-state index contributed by atoms with van der Waals surface area (Å²) in [6.45, 7) is 3.39. The third-order valence-corrected chi connectivity index (χ3v) is 5.91. The molecule has 1 atom stereocenters. The number of rotatable bonds is 5. The van der Waals surface area contributed by atoms with Gasteiger partial charge < -0.3 is 5.73 Å². The molecule has 0 spiro atoms. The summed E-state index contributed by atoms with van der Waals surface area (Å²) in [6, 6.07) is 2.18. The lowest BCUT2D eigenvalue weighted by Gasteiger charge is -2.24. The number of sulfonamides is 1. The molecule has 4 nitrogen and oxygen atoms in total. The van der Waals surface area contributed by atoms with Crippen LogP contribution in [0, 0.1) is 12.7 Å². The van der Waals surface area contributed by atoms with E-state index in [9.17, 15) is 12.8 Å². The van der Waals surface area contributed by atoms with Crippen LogP contribution in [-0.4, -0.2) is 37.8 Å². The highest BCUT2D eigenvalue weighted by atomic mass is 32.2. The van der Waals surface area contributed by atoms with Crippen LogP contribution < -0.4 is 5.73 Å². The van der Waals surface area contributed by atoms with Gasteiger partial charge in [-0.15, -0.1) is 0 Å². The van der Waals surface area contributed by atoms with E-state index in [0.29, 0.717) is 11.3 Å². The van der Waals surface area contributed by atoms with Crippen LogP contribution >= 0.6 is 11.8 Å². The van der Waals surface area contributed by atoms with E-state index in [2.05, 4.69) is 0 Å². The molecular weight excluding hydrogens is 287 g/mol. The molecule has 1 unspecified atom stereocenters. The van der Waals surface area contributed by atoms with E-state index >= 15 is 0 Å². The standard InChI is InChI=1S/C12H19FN2O2S2/c1-8-5-10(13)11(14)6-12(8)19(16,17)15(3)9(2)7-18-4/h5-6,9H,7,14H2,1-4H3. The Balaban J connectivity index is 3.24. The molecule has 2 N–H and O–H groups in total. The second-order valence-corrected chi connectivity index (χ2v) is 7.34. The average Bonchev–Trinajstić information content (AvgIpc) is 2.32. The molecule has 1 aromatic rings. The van der Waals surface area contributed by atoms with Gasteiger partial charge in [-0.2, -0.15) is 16.1 Å². The van der Waals surface area contributed by atoms with Crippen LogP contribution in [0.2, 0.25) is 0 Å². The smallest absolute Gasteiger partial charge is 0.243 e.